The average Bonchev–Trinajstić information content (AvgIpc) is 2.99. The Morgan fingerprint density at radius 2 is 1.33 bits per heavy atom. The first-order chi connectivity index (χ1) is 19.1. The molecule has 0 aromatic heterocycles. The first kappa shape index (κ1) is 26.1. The summed E-state index contributed by atoms with van der Waals surface area (Å²) < 4.78 is 0. The number of benzene rings is 4. The standard InChI is InChI=1S/C29H27N3.C7H8/c1-21-8-6-11-25(18-21)26-12-7-13-27(19-26)28-30-20-32(2)29(31-28)24-16-14-23(15-17-24)22-9-4-3-5-10-22;1-7-5-3-2-4-6-7/h3-11,13-19,26H,12,20H2,1-2H3;2-6H,1H3. The van der Waals surface area contributed by atoms with E-state index in [1.807, 2.05) is 31.3 Å². The topological polar surface area (TPSA) is 28.0 Å². The second-order valence-corrected chi connectivity index (χ2v) is 10.1. The monoisotopic (exact) mass is 509 g/mol. The van der Waals surface area contributed by atoms with E-state index in [0.29, 0.717) is 12.6 Å². The van der Waals surface area contributed by atoms with Crippen LogP contribution in [0.4, 0.5) is 0 Å². The Morgan fingerprint density at radius 1 is 0.692 bits per heavy atom. The molecule has 4 aromatic rings. The van der Waals surface area contributed by atoms with Gasteiger partial charge in [-0.2, -0.15) is 0 Å². The van der Waals surface area contributed by atoms with Gasteiger partial charge in [0, 0.05) is 24.1 Å². The van der Waals surface area contributed by atoms with Gasteiger partial charge in [-0.15, -0.1) is 0 Å². The normalized spacial score (nSPS) is 16.4. The maximum Gasteiger partial charge on any atom is 0.158 e. The van der Waals surface area contributed by atoms with Crippen LogP contribution in [0.3, 0.4) is 0 Å². The van der Waals surface area contributed by atoms with Crippen molar-refractivity contribution in [1.82, 2.24) is 4.90 Å². The highest BCUT2D eigenvalue weighted by atomic mass is 15.3. The number of hydrogen-bond acceptors (Lipinski definition) is 3. The molecule has 0 spiro atoms. The van der Waals surface area contributed by atoms with Gasteiger partial charge in [-0.25, -0.2) is 9.98 Å². The molecule has 0 fully saturated rings. The molecule has 2 aliphatic rings. The summed E-state index contributed by atoms with van der Waals surface area (Å²) in [6.07, 6.45) is 7.74. The number of allylic oxidation sites excluding steroid dienone is 2. The summed E-state index contributed by atoms with van der Waals surface area (Å²) in [5, 5.41) is 0. The lowest BCUT2D eigenvalue weighted by atomic mass is 9.88. The van der Waals surface area contributed by atoms with Crippen molar-refractivity contribution in [3.05, 3.63) is 155 Å². The van der Waals surface area contributed by atoms with Crippen LogP contribution in [0.25, 0.3) is 11.1 Å². The summed E-state index contributed by atoms with van der Waals surface area (Å²) in [7, 11) is 2.05. The smallest absolute Gasteiger partial charge is 0.158 e. The molecule has 0 saturated carbocycles. The zero-order chi connectivity index (χ0) is 27.0. The largest absolute Gasteiger partial charge is 0.340 e. The molecule has 3 heteroatoms. The van der Waals surface area contributed by atoms with E-state index in [2.05, 4.69) is 122 Å². The number of hydrogen-bond donors (Lipinski definition) is 0. The third kappa shape index (κ3) is 6.69. The van der Waals surface area contributed by atoms with Crippen LogP contribution < -0.4 is 0 Å². The lowest BCUT2D eigenvalue weighted by Gasteiger charge is -2.25. The van der Waals surface area contributed by atoms with Crippen LogP contribution in [0, 0.1) is 13.8 Å². The molecular weight excluding hydrogens is 474 g/mol. The Hall–Kier alpha value is -4.50. The quantitative estimate of drug-likeness (QED) is 0.271. The van der Waals surface area contributed by atoms with Crippen LogP contribution in [0.5, 0.6) is 0 Å². The fraction of sp³-hybridized carbons (Fsp3) is 0.167. The molecule has 4 aromatic carbocycles. The van der Waals surface area contributed by atoms with Crippen LogP contribution in [-0.2, 0) is 0 Å². The molecule has 0 N–H and O–H groups in total. The fourth-order valence-electron chi connectivity index (χ4n) is 4.84. The minimum absolute atomic E-state index is 0.362. The van der Waals surface area contributed by atoms with Gasteiger partial charge in [0.05, 0.1) is 0 Å². The van der Waals surface area contributed by atoms with Crippen LogP contribution in [0.1, 0.15) is 34.6 Å². The second-order valence-electron chi connectivity index (χ2n) is 10.1. The van der Waals surface area contributed by atoms with Gasteiger partial charge in [0.1, 0.15) is 12.5 Å². The van der Waals surface area contributed by atoms with Gasteiger partial charge in [0.2, 0.25) is 0 Å². The first-order valence-corrected chi connectivity index (χ1v) is 13.5. The number of nitrogens with zero attached hydrogens (tertiary/aromatic N) is 3. The molecule has 194 valence electrons. The molecule has 6 rings (SSSR count). The van der Waals surface area contributed by atoms with Crippen LogP contribution in [0.2, 0.25) is 0 Å². The Kier molecular flexibility index (Phi) is 8.28. The highest BCUT2D eigenvalue weighted by molar-refractivity contribution is 6.13. The number of amidine groups is 2. The number of rotatable bonds is 4. The van der Waals surface area contributed by atoms with Crippen LogP contribution >= 0.6 is 0 Å². The van der Waals surface area contributed by atoms with E-state index >= 15 is 0 Å². The van der Waals surface area contributed by atoms with Crippen molar-refractivity contribution >= 4 is 11.7 Å². The maximum absolute atomic E-state index is 4.98. The molecule has 1 unspecified atom stereocenters. The van der Waals surface area contributed by atoms with Crippen molar-refractivity contribution in [2.45, 2.75) is 26.2 Å². The summed E-state index contributed by atoms with van der Waals surface area (Å²) in [6.45, 7) is 4.84. The molecule has 0 radical (unpaired) electrons. The summed E-state index contributed by atoms with van der Waals surface area (Å²) in [5.74, 6) is 2.14. The number of aryl methyl sites for hydroxylation is 2. The fourth-order valence-corrected chi connectivity index (χ4v) is 4.84. The second kappa shape index (κ2) is 12.4. The molecule has 3 nitrogen and oxygen atoms in total. The van der Waals surface area contributed by atoms with Gasteiger partial charge >= 0.3 is 0 Å². The molecule has 1 aliphatic heterocycles. The van der Waals surface area contributed by atoms with Gasteiger partial charge in [0.25, 0.3) is 0 Å². The minimum atomic E-state index is 0.362. The molecule has 1 heterocycles. The molecule has 0 amide bonds. The Bertz CT molecular complexity index is 1510. The number of aliphatic imine (C=N–C) groups is 2. The van der Waals surface area contributed by atoms with Crippen molar-refractivity contribution in [2.24, 2.45) is 9.98 Å². The van der Waals surface area contributed by atoms with Crippen molar-refractivity contribution < 1.29 is 0 Å². The minimum Gasteiger partial charge on any atom is -0.340 e. The van der Waals surface area contributed by atoms with Crippen molar-refractivity contribution in [3.63, 3.8) is 0 Å². The highest BCUT2D eigenvalue weighted by Crippen LogP contribution is 2.29. The summed E-state index contributed by atoms with van der Waals surface area (Å²) in [5.41, 5.74) is 8.61. The molecule has 0 saturated heterocycles. The maximum atomic E-state index is 4.98. The predicted molar refractivity (Wildman–Crippen MR) is 165 cm³/mol. The zero-order valence-corrected chi connectivity index (χ0v) is 23.0. The SMILES string of the molecule is Cc1cccc(C2C=C(C3=NCN(C)C(c4ccc(-c5ccccc5)cc4)=N3)C=CC2)c1.Cc1ccccc1. The third-order valence-corrected chi connectivity index (χ3v) is 6.99. The molecular formula is C36H35N3. The summed E-state index contributed by atoms with van der Waals surface area (Å²) in [4.78, 5) is 11.8. The van der Waals surface area contributed by atoms with E-state index in [1.54, 1.807) is 0 Å². The average molecular weight is 510 g/mol. The predicted octanol–water partition coefficient (Wildman–Crippen LogP) is 8.38. The van der Waals surface area contributed by atoms with E-state index in [9.17, 15) is 0 Å². The van der Waals surface area contributed by atoms with E-state index in [1.165, 1.54) is 27.8 Å². The highest BCUT2D eigenvalue weighted by Gasteiger charge is 2.20. The van der Waals surface area contributed by atoms with Crippen molar-refractivity contribution in [2.75, 3.05) is 13.7 Å². The third-order valence-electron chi connectivity index (χ3n) is 6.99. The lowest BCUT2D eigenvalue weighted by Crippen LogP contribution is -2.32. The Morgan fingerprint density at radius 3 is 2.00 bits per heavy atom. The molecule has 1 aliphatic carbocycles. The molecule has 0 bridgehead atoms. The van der Waals surface area contributed by atoms with Gasteiger partial charge < -0.3 is 4.90 Å². The van der Waals surface area contributed by atoms with Crippen LogP contribution in [0.15, 0.2) is 143 Å². The molecule has 1 atom stereocenters. The van der Waals surface area contributed by atoms with Crippen LogP contribution in [-0.4, -0.2) is 30.3 Å². The van der Waals surface area contributed by atoms with Gasteiger partial charge in [-0.3, -0.25) is 0 Å². The summed E-state index contributed by atoms with van der Waals surface area (Å²) in [6, 6.07) is 38.1. The van der Waals surface area contributed by atoms with E-state index in [4.69, 9.17) is 9.98 Å². The van der Waals surface area contributed by atoms with E-state index < -0.39 is 0 Å². The van der Waals surface area contributed by atoms with Gasteiger partial charge in [0.15, 0.2) is 5.84 Å². The van der Waals surface area contributed by atoms with Crippen molar-refractivity contribution in [1.29, 1.82) is 0 Å². The van der Waals surface area contributed by atoms with Crippen molar-refractivity contribution in [3.8, 4) is 11.1 Å². The first-order valence-electron chi connectivity index (χ1n) is 13.5. The van der Waals surface area contributed by atoms with Gasteiger partial charge in [-0.05, 0) is 37.0 Å². The van der Waals surface area contributed by atoms with E-state index in [0.717, 1.165) is 29.2 Å². The summed E-state index contributed by atoms with van der Waals surface area (Å²) >= 11 is 0. The zero-order valence-electron chi connectivity index (χ0n) is 23.0. The molecule has 39 heavy (non-hydrogen) atoms. The Labute approximate surface area is 232 Å². The lowest BCUT2D eigenvalue weighted by molar-refractivity contribution is 0.517. The Balaban J connectivity index is 0.000000384. The van der Waals surface area contributed by atoms with E-state index in [-0.39, 0.29) is 0 Å². The van der Waals surface area contributed by atoms with Gasteiger partial charge in [-0.1, -0.05) is 139 Å².